The lowest BCUT2D eigenvalue weighted by Crippen LogP contribution is -2.27. The van der Waals surface area contributed by atoms with Gasteiger partial charge in [0.05, 0.1) is 0 Å². The number of hydrogen-bond acceptors (Lipinski definition) is 2. The predicted octanol–water partition coefficient (Wildman–Crippen LogP) is 3.70. The number of benzene rings is 1. The zero-order chi connectivity index (χ0) is 12.3. The van der Waals surface area contributed by atoms with Crippen molar-refractivity contribution in [3.05, 3.63) is 28.2 Å². The standard InChI is InChI=1S/C13H21BrN2/c1-5-9(2)16(4)11-6-7-12(10(3)15)13(14)8-11/h6-10H,5,15H2,1-4H3/t9?,10-/m1/s1. The van der Waals surface area contributed by atoms with Gasteiger partial charge in [-0.15, -0.1) is 0 Å². The van der Waals surface area contributed by atoms with Crippen LogP contribution in [0.5, 0.6) is 0 Å². The SMILES string of the molecule is CCC(C)N(C)c1ccc([C@@H](C)N)c(Br)c1. The van der Waals surface area contributed by atoms with E-state index in [0.29, 0.717) is 6.04 Å². The van der Waals surface area contributed by atoms with Gasteiger partial charge in [-0.3, -0.25) is 0 Å². The third-order valence-corrected chi connectivity index (χ3v) is 3.82. The van der Waals surface area contributed by atoms with Crippen LogP contribution in [0.3, 0.4) is 0 Å². The fourth-order valence-corrected chi connectivity index (χ4v) is 2.36. The molecular weight excluding hydrogens is 264 g/mol. The van der Waals surface area contributed by atoms with E-state index in [4.69, 9.17) is 5.73 Å². The van der Waals surface area contributed by atoms with E-state index >= 15 is 0 Å². The second kappa shape index (κ2) is 5.69. The Morgan fingerprint density at radius 1 is 1.38 bits per heavy atom. The van der Waals surface area contributed by atoms with Crippen LogP contribution in [-0.4, -0.2) is 13.1 Å². The van der Waals surface area contributed by atoms with Crippen molar-refractivity contribution in [1.29, 1.82) is 0 Å². The largest absolute Gasteiger partial charge is 0.372 e. The Morgan fingerprint density at radius 3 is 2.44 bits per heavy atom. The molecule has 0 radical (unpaired) electrons. The van der Waals surface area contributed by atoms with Gasteiger partial charge < -0.3 is 10.6 Å². The van der Waals surface area contributed by atoms with E-state index < -0.39 is 0 Å². The molecule has 0 fully saturated rings. The Bertz CT molecular complexity index is 350. The highest BCUT2D eigenvalue weighted by Gasteiger charge is 2.11. The molecule has 0 saturated heterocycles. The molecule has 16 heavy (non-hydrogen) atoms. The van der Waals surface area contributed by atoms with Gasteiger partial charge in [0.25, 0.3) is 0 Å². The predicted molar refractivity (Wildman–Crippen MR) is 74.9 cm³/mol. The normalized spacial score (nSPS) is 14.6. The molecule has 1 aromatic carbocycles. The Morgan fingerprint density at radius 2 is 2.00 bits per heavy atom. The fraction of sp³-hybridized carbons (Fsp3) is 0.538. The summed E-state index contributed by atoms with van der Waals surface area (Å²) in [5, 5.41) is 0. The summed E-state index contributed by atoms with van der Waals surface area (Å²) in [7, 11) is 2.13. The first-order chi connectivity index (χ1) is 7.47. The minimum absolute atomic E-state index is 0.0670. The first kappa shape index (κ1) is 13.5. The Labute approximate surface area is 107 Å². The van der Waals surface area contributed by atoms with Crippen molar-refractivity contribution in [3.63, 3.8) is 0 Å². The second-order valence-corrected chi connectivity index (χ2v) is 5.22. The summed E-state index contributed by atoms with van der Waals surface area (Å²) in [5.74, 6) is 0. The number of anilines is 1. The van der Waals surface area contributed by atoms with E-state index in [1.807, 2.05) is 6.92 Å². The number of nitrogens with two attached hydrogens (primary N) is 1. The maximum absolute atomic E-state index is 5.88. The molecule has 0 aliphatic rings. The summed E-state index contributed by atoms with van der Waals surface area (Å²) < 4.78 is 1.09. The van der Waals surface area contributed by atoms with Crippen LogP contribution in [0.4, 0.5) is 5.69 Å². The third-order valence-electron chi connectivity index (χ3n) is 3.13. The molecule has 0 saturated carbocycles. The maximum Gasteiger partial charge on any atom is 0.0377 e. The zero-order valence-electron chi connectivity index (χ0n) is 10.5. The summed E-state index contributed by atoms with van der Waals surface area (Å²) in [6.07, 6.45) is 1.14. The summed E-state index contributed by atoms with van der Waals surface area (Å²) in [6, 6.07) is 6.99. The third kappa shape index (κ3) is 2.98. The molecule has 0 aliphatic heterocycles. The maximum atomic E-state index is 5.88. The Kier molecular flexibility index (Phi) is 4.81. The highest BCUT2D eigenvalue weighted by molar-refractivity contribution is 9.10. The van der Waals surface area contributed by atoms with Crippen LogP contribution in [0.1, 0.15) is 38.8 Å². The number of halogens is 1. The minimum Gasteiger partial charge on any atom is -0.372 e. The van der Waals surface area contributed by atoms with E-state index in [-0.39, 0.29) is 6.04 Å². The van der Waals surface area contributed by atoms with Crippen molar-refractivity contribution in [2.75, 3.05) is 11.9 Å². The van der Waals surface area contributed by atoms with Crippen LogP contribution < -0.4 is 10.6 Å². The molecule has 3 heteroatoms. The van der Waals surface area contributed by atoms with Gasteiger partial charge in [0.1, 0.15) is 0 Å². The molecule has 2 atom stereocenters. The zero-order valence-corrected chi connectivity index (χ0v) is 12.1. The van der Waals surface area contributed by atoms with Gasteiger partial charge >= 0.3 is 0 Å². The van der Waals surface area contributed by atoms with E-state index in [9.17, 15) is 0 Å². The smallest absolute Gasteiger partial charge is 0.0377 e. The van der Waals surface area contributed by atoms with Crippen LogP contribution in [0.15, 0.2) is 22.7 Å². The van der Waals surface area contributed by atoms with Crippen molar-refractivity contribution >= 4 is 21.6 Å². The molecule has 90 valence electrons. The summed E-state index contributed by atoms with van der Waals surface area (Å²) in [6.45, 7) is 6.43. The van der Waals surface area contributed by atoms with Gasteiger partial charge in [-0.2, -0.15) is 0 Å². The quantitative estimate of drug-likeness (QED) is 0.914. The monoisotopic (exact) mass is 284 g/mol. The highest BCUT2D eigenvalue weighted by atomic mass is 79.9. The molecule has 1 rings (SSSR count). The fourth-order valence-electron chi connectivity index (χ4n) is 1.63. The molecule has 2 N–H and O–H groups in total. The number of rotatable bonds is 4. The minimum atomic E-state index is 0.0670. The van der Waals surface area contributed by atoms with Crippen molar-refractivity contribution in [3.8, 4) is 0 Å². The van der Waals surface area contributed by atoms with E-state index in [1.54, 1.807) is 0 Å². The van der Waals surface area contributed by atoms with Gasteiger partial charge in [-0.1, -0.05) is 28.9 Å². The van der Waals surface area contributed by atoms with Crippen LogP contribution in [-0.2, 0) is 0 Å². The molecule has 0 aliphatic carbocycles. The molecule has 0 spiro atoms. The lowest BCUT2D eigenvalue weighted by atomic mass is 10.1. The van der Waals surface area contributed by atoms with Gasteiger partial charge in [-0.05, 0) is 38.0 Å². The van der Waals surface area contributed by atoms with Crippen LogP contribution in [0.25, 0.3) is 0 Å². The topological polar surface area (TPSA) is 29.3 Å². The first-order valence-corrected chi connectivity index (χ1v) is 6.54. The van der Waals surface area contributed by atoms with E-state index in [2.05, 4.69) is 59.9 Å². The Balaban J connectivity index is 2.97. The first-order valence-electron chi connectivity index (χ1n) is 5.75. The van der Waals surface area contributed by atoms with Crippen molar-refractivity contribution in [1.82, 2.24) is 0 Å². The molecule has 0 bridgehead atoms. The average Bonchev–Trinajstić information content (AvgIpc) is 2.26. The van der Waals surface area contributed by atoms with Crippen LogP contribution >= 0.6 is 15.9 Å². The molecular formula is C13H21BrN2. The van der Waals surface area contributed by atoms with Crippen molar-refractivity contribution in [2.24, 2.45) is 5.73 Å². The van der Waals surface area contributed by atoms with Crippen LogP contribution in [0.2, 0.25) is 0 Å². The molecule has 0 amide bonds. The van der Waals surface area contributed by atoms with Gasteiger partial charge in [-0.25, -0.2) is 0 Å². The van der Waals surface area contributed by atoms with E-state index in [1.165, 1.54) is 5.69 Å². The molecule has 1 unspecified atom stereocenters. The second-order valence-electron chi connectivity index (χ2n) is 4.36. The van der Waals surface area contributed by atoms with Crippen molar-refractivity contribution < 1.29 is 0 Å². The molecule has 0 aromatic heterocycles. The van der Waals surface area contributed by atoms with E-state index in [0.717, 1.165) is 16.5 Å². The number of hydrogen-bond donors (Lipinski definition) is 1. The van der Waals surface area contributed by atoms with Crippen molar-refractivity contribution in [2.45, 2.75) is 39.3 Å². The lowest BCUT2D eigenvalue weighted by molar-refractivity contribution is 0.663. The van der Waals surface area contributed by atoms with Gasteiger partial charge in [0.2, 0.25) is 0 Å². The van der Waals surface area contributed by atoms with Gasteiger partial charge in [0.15, 0.2) is 0 Å². The van der Waals surface area contributed by atoms with Gasteiger partial charge in [0, 0.05) is 29.3 Å². The highest BCUT2D eigenvalue weighted by Crippen LogP contribution is 2.27. The van der Waals surface area contributed by atoms with Crippen LogP contribution in [0, 0.1) is 0 Å². The molecule has 2 nitrogen and oxygen atoms in total. The molecule has 0 heterocycles. The average molecular weight is 285 g/mol. The summed E-state index contributed by atoms with van der Waals surface area (Å²) in [5.41, 5.74) is 8.26. The Hall–Kier alpha value is -0.540. The molecule has 1 aromatic rings. The summed E-state index contributed by atoms with van der Waals surface area (Å²) >= 11 is 3.58. The number of nitrogens with zero attached hydrogens (tertiary/aromatic N) is 1. The summed E-state index contributed by atoms with van der Waals surface area (Å²) in [4.78, 5) is 2.29. The lowest BCUT2D eigenvalue weighted by Gasteiger charge is -2.26.